The first-order valence-electron chi connectivity index (χ1n) is 3.27. The molecule has 0 unspecified atom stereocenters. The summed E-state index contributed by atoms with van der Waals surface area (Å²) < 4.78 is 4.95. The summed E-state index contributed by atoms with van der Waals surface area (Å²) in [6.07, 6.45) is 2.39. The molecule has 0 aliphatic heterocycles. The second-order valence-corrected chi connectivity index (χ2v) is 2.60. The highest BCUT2D eigenvalue weighted by Gasteiger charge is 1.86. The van der Waals surface area contributed by atoms with Crippen molar-refractivity contribution in [3.63, 3.8) is 0 Å². The third kappa shape index (κ3) is 8.27. The van der Waals surface area contributed by atoms with E-state index in [1.165, 1.54) is 24.9 Å². The maximum Gasteiger partial charge on any atom is 0.0845 e. The smallest absolute Gasteiger partial charge is 0.0845 e. The quantitative estimate of drug-likeness (QED) is 0.459. The lowest BCUT2D eigenvalue weighted by Gasteiger charge is -1.97. The Hall–Kier alpha value is 0.270. The molecule has 1 N–H and O–H groups in total. The van der Waals surface area contributed by atoms with Gasteiger partial charge in [-0.1, -0.05) is 13.3 Å². The first kappa shape index (κ1) is 9.27. The summed E-state index contributed by atoms with van der Waals surface area (Å²) in [7, 11) is 0. The molecule has 0 aliphatic carbocycles. The van der Waals surface area contributed by atoms with Crippen LogP contribution in [-0.2, 0) is 4.18 Å². The van der Waals surface area contributed by atoms with Crippen LogP contribution >= 0.6 is 12.0 Å². The van der Waals surface area contributed by atoms with Crippen LogP contribution in [0.4, 0.5) is 0 Å². The molecule has 0 aromatic rings. The summed E-state index contributed by atoms with van der Waals surface area (Å²) in [4.78, 5) is 0. The Bertz CT molecular complexity index is 44.3. The molecule has 0 aliphatic rings. The van der Waals surface area contributed by atoms with E-state index in [0.717, 1.165) is 5.75 Å². The fraction of sp³-hybridized carbons (Fsp3) is 1.00. The van der Waals surface area contributed by atoms with Crippen molar-refractivity contribution in [1.82, 2.24) is 0 Å². The van der Waals surface area contributed by atoms with Crippen molar-refractivity contribution in [3.8, 4) is 0 Å². The largest absolute Gasteiger partial charge is 0.394 e. The Labute approximate surface area is 60.8 Å². The Kier molecular flexibility index (Phi) is 8.52. The van der Waals surface area contributed by atoms with E-state index in [0.29, 0.717) is 6.61 Å². The summed E-state index contributed by atoms with van der Waals surface area (Å²) in [5, 5.41) is 8.28. The van der Waals surface area contributed by atoms with Crippen molar-refractivity contribution < 1.29 is 9.29 Å². The van der Waals surface area contributed by atoms with Crippen LogP contribution in [0.3, 0.4) is 0 Å². The maximum atomic E-state index is 8.28. The molecule has 0 bridgehead atoms. The van der Waals surface area contributed by atoms with Gasteiger partial charge in [0.1, 0.15) is 0 Å². The van der Waals surface area contributed by atoms with Gasteiger partial charge in [0.15, 0.2) is 0 Å². The van der Waals surface area contributed by atoms with E-state index in [1.807, 2.05) is 0 Å². The fourth-order valence-corrected chi connectivity index (χ4v) is 1.08. The van der Waals surface area contributed by atoms with Gasteiger partial charge in [0.25, 0.3) is 0 Å². The lowest BCUT2D eigenvalue weighted by atomic mass is 10.4. The van der Waals surface area contributed by atoms with Crippen molar-refractivity contribution >= 4 is 12.0 Å². The number of hydrogen-bond donors (Lipinski definition) is 1. The highest BCUT2D eigenvalue weighted by molar-refractivity contribution is 7.94. The second-order valence-electron chi connectivity index (χ2n) is 1.72. The summed E-state index contributed by atoms with van der Waals surface area (Å²) in [6.45, 7) is 2.72. The van der Waals surface area contributed by atoms with E-state index in [4.69, 9.17) is 9.29 Å². The third-order valence-corrected chi connectivity index (χ3v) is 1.63. The molecule has 0 aromatic carbocycles. The third-order valence-electron chi connectivity index (χ3n) is 0.839. The molecule has 0 fully saturated rings. The first-order chi connectivity index (χ1) is 4.41. The van der Waals surface area contributed by atoms with E-state index >= 15 is 0 Å². The molecule has 2 nitrogen and oxygen atoms in total. The second kappa shape index (κ2) is 8.27. The Morgan fingerprint density at radius 2 is 2.33 bits per heavy atom. The van der Waals surface area contributed by atoms with Gasteiger partial charge in [0.05, 0.1) is 13.2 Å². The van der Waals surface area contributed by atoms with Gasteiger partial charge < -0.3 is 9.29 Å². The number of aliphatic hydroxyl groups excluding tert-OH is 1. The van der Waals surface area contributed by atoms with Gasteiger partial charge >= 0.3 is 0 Å². The molecule has 0 saturated heterocycles. The van der Waals surface area contributed by atoms with Crippen LogP contribution in [0.2, 0.25) is 0 Å². The molecule has 0 rings (SSSR count). The predicted molar refractivity (Wildman–Crippen MR) is 40.4 cm³/mol. The van der Waals surface area contributed by atoms with Crippen LogP contribution in [-0.4, -0.2) is 24.1 Å². The molecule has 0 aromatic heterocycles. The molecule has 3 heteroatoms. The SMILES string of the molecule is CCCCSOCCO. The summed E-state index contributed by atoms with van der Waals surface area (Å²) in [6, 6.07) is 0. The zero-order chi connectivity index (χ0) is 6.95. The minimum absolute atomic E-state index is 0.124. The number of unbranched alkanes of at least 4 members (excludes halogenated alkanes) is 1. The van der Waals surface area contributed by atoms with Crippen LogP contribution in [0, 0.1) is 0 Å². The van der Waals surface area contributed by atoms with Gasteiger partial charge in [-0.05, 0) is 18.5 Å². The zero-order valence-corrected chi connectivity index (χ0v) is 6.62. The van der Waals surface area contributed by atoms with Gasteiger partial charge in [-0.15, -0.1) is 0 Å². The molecular weight excluding hydrogens is 136 g/mol. The molecule has 0 radical (unpaired) electrons. The van der Waals surface area contributed by atoms with Gasteiger partial charge in [0.2, 0.25) is 0 Å². The molecule has 0 spiro atoms. The van der Waals surface area contributed by atoms with Crippen LogP contribution < -0.4 is 0 Å². The van der Waals surface area contributed by atoms with Crippen LogP contribution in [0.15, 0.2) is 0 Å². The Morgan fingerprint density at radius 1 is 1.56 bits per heavy atom. The first-order valence-corrected chi connectivity index (χ1v) is 4.18. The Balaban J connectivity index is 2.60. The minimum atomic E-state index is 0.124. The zero-order valence-electron chi connectivity index (χ0n) is 5.80. The lowest BCUT2D eigenvalue weighted by molar-refractivity contribution is 0.221. The topological polar surface area (TPSA) is 29.5 Å². The Morgan fingerprint density at radius 3 is 2.89 bits per heavy atom. The summed E-state index contributed by atoms with van der Waals surface area (Å²) >= 11 is 1.44. The van der Waals surface area contributed by atoms with Gasteiger partial charge in [-0.25, -0.2) is 0 Å². The maximum absolute atomic E-state index is 8.28. The van der Waals surface area contributed by atoms with Crippen molar-refractivity contribution in [2.45, 2.75) is 19.8 Å². The lowest BCUT2D eigenvalue weighted by Crippen LogP contribution is -1.92. The number of rotatable bonds is 6. The van der Waals surface area contributed by atoms with Gasteiger partial charge in [-0.3, -0.25) is 0 Å². The van der Waals surface area contributed by atoms with E-state index in [9.17, 15) is 0 Å². The van der Waals surface area contributed by atoms with Crippen LogP contribution in [0.5, 0.6) is 0 Å². The van der Waals surface area contributed by atoms with Crippen molar-refractivity contribution in [1.29, 1.82) is 0 Å². The van der Waals surface area contributed by atoms with Gasteiger partial charge in [0, 0.05) is 5.75 Å². The van der Waals surface area contributed by atoms with E-state index < -0.39 is 0 Å². The van der Waals surface area contributed by atoms with Crippen molar-refractivity contribution in [2.24, 2.45) is 0 Å². The average Bonchev–Trinajstić information content (AvgIpc) is 1.89. The highest BCUT2D eigenvalue weighted by atomic mass is 32.2. The van der Waals surface area contributed by atoms with Crippen molar-refractivity contribution in [2.75, 3.05) is 19.0 Å². The average molecular weight is 150 g/mol. The summed E-state index contributed by atoms with van der Waals surface area (Å²) in [5.41, 5.74) is 0. The summed E-state index contributed by atoms with van der Waals surface area (Å²) in [5.74, 6) is 1.04. The number of hydrogen-bond acceptors (Lipinski definition) is 3. The van der Waals surface area contributed by atoms with Gasteiger partial charge in [-0.2, -0.15) is 0 Å². The van der Waals surface area contributed by atoms with E-state index in [-0.39, 0.29) is 6.61 Å². The van der Waals surface area contributed by atoms with E-state index in [1.54, 1.807) is 0 Å². The molecule has 0 amide bonds. The normalized spacial score (nSPS) is 10.0. The monoisotopic (exact) mass is 150 g/mol. The van der Waals surface area contributed by atoms with Crippen molar-refractivity contribution in [3.05, 3.63) is 0 Å². The molecule has 0 atom stereocenters. The molecule has 56 valence electrons. The number of aliphatic hydroxyl groups is 1. The standard InChI is InChI=1S/C6H14O2S/c1-2-3-6-9-8-5-4-7/h7H,2-6H2,1H3. The molecule has 0 heterocycles. The minimum Gasteiger partial charge on any atom is -0.394 e. The van der Waals surface area contributed by atoms with Crippen LogP contribution in [0.1, 0.15) is 19.8 Å². The molecule has 0 saturated carbocycles. The van der Waals surface area contributed by atoms with Crippen LogP contribution in [0.25, 0.3) is 0 Å². The van der Waals surface area contributed by atoms with E-state index in [2.05, 4.69) is 6.92 Å². The predicted octanol–water partition coefficient (Wildman–Crippen LogP) is 1.44. The molecule has 9 heavy (non-hydrogen) atoms. The molecular formula is C6H14O2S. The fourth-order valence-electron chi connectivity index (χ4n) is 0.358. The highest BCUT2D eigenvalue weighted by Crippen LogP contribution is 2.04.